The first-order chi connectivity index (χ1) is 10.7. The number of piperidine rings is 1. The predicted molar refractivity (Wildman–Crippen MR) is 82.7 cm³/mol. The quantitative estimate of drug-likeness (QED) is 0.938. The zero-order valence-corrected chi connectivity index (χ0v) is 12.7. The van der Waals surface area contributed by atoms with Crippen LogP contribution in [-0.2, 0) is 6.54 Å². The number of rotatable bonds is 4. The summed E-state index contributed by atoms with van der Waals surface area (Å²) >= 11 is 0. The number of hydrogen-bond acceptors (Lipinski definition) is 5. The molecule has 3 rings (SSSR count). The van der Waals surface area contributed by atoms with Gasteiger partial charge >= 0.3 is 0 Å². The highest BCUT2D eigenvalue weighted by Gasteiger charge is 2.13. The number of carbonyl (C=O) groups excluding carboxylic acids is 1. The van der Waals surface area contributed by atoms with Crippen LogP contribution in [0.15, 0.2) is 28.9 Å². The molecule has 0 unspecified atom stereocenters. The minimum atomic E-state index is -0.229. The zero-order chi connectivity index (χ0) is 15.4. The number of nitrogens with zero attached hydrogens (tertiary/aromatic N) is 3. The Bertz CT molecular complexity index is 647. The van der Waals surface area contributed by atoms with Crippen LogP contribution in [0.5, 0.6) is 0 Å². The molecule has 1 fully saturated rings. The molecule has 1 aliphatic rings. The number of nitrogens with one attached hydrogen (secondary N) is 1. The first-order valence-corrected chi connectivity index (χ1v) is 7.64. The molecule has 1 amide bonds. The number of carbonyl (C=O) groups is 1. The van der Waals surface area contributed by atoms with Crippen LogP contribution in [0, 0.1) is 6.92 Å². The Morgan fingerprint density at radius 3 is 2.86 bits per heavy atom. The van der Waals surface area contributed by atoms with Gasteiger partial charge in [-0.1, -0.05) is 5.16 Å². The van der Waals surface area contributed by atoms with E-state index >= 15 is 0 Å². The maximum atomic E-state index is 12.0. The highest BCUT2D eigenvalue weighted by Crippen LogP contribution is 2.18. The number of aromatic nitrogens is 2. The Kier molecular flexibility index (Phi) is 4.37. The van der Waals surface area contributed by atoms with Crippen LogP contribution in [0.3, 0.4) is 0 Å². The fourth-order valence-electron chi connectivity index (χ4n) is 2.61. The van der Waals surface area contributed by atoms with Gasteiger partial charge in [-0.3, -0.25) is 4.79 Å². The van der Waals surface area contributed by atoms with Crippen LogP contribution in [0.4, 0.5) is 5.82 Å². The van der Waals surface area contributed by atoms with Crippen molar-refractivity contribution in [1.82, 2.24) is 15.5 Å². The molecule has 0 aromatic carbocycles. The van der Waals surface area contributed by atoms with Crippen molar-refractivity contribution in [3.05, 3.63) is 41.4 Å². The number of pyridine rings is 1. The third kappa shape index (κ3) is 3.44. The highest BCUT2D eigenvalue weighted by atomic mass is 16.5. The summed E-state index contributed by atoms with van der Waals surface area (Å²) in [6.07, 6.45) is 5.53. The van der Waals surface area contributed by atoms with Gasteiger partial charge in [0.15, 0.2) is 5.69 Å². The van der Waals surface area contributed by atoms with E-state index in [2.05, 4.69) is 20.4 Å². The average molecular weight is 300 g/mol. The van der Waals surface area contributed by atoms with Crippen molar-refractivity contribution in [3.63, 3.8) is 0 Å². The lowest BCUT2D eigenvalue weighted by Crippen LogP contribution is -2.30. The van der Waals surface area contributed by atoms with Gasteiger partial charge < -0.3 is 14.7 Å². The zero-order valence-electron chi connectivity index (χ0n) is 12.7. The smallest absolute Gasteiger partial charge is 0.273 e. The van der Waals surface area contributed by atoms with Crippen molar-refractivity contribution in [2.45, 2.75) is 32.7 Å². The Morgan fingerprint density at radius 1 is 1.32 bits per heavy atom. The van der Waals surface area contributed by atoms with Crippen LogP contribution in [-0.4, -0.2) is 29.1 Å². The molecule has 2 aromatic heterocycles. The van der Waals surface area contributed by atoms with E-state index in [9.17, 15) is 4.79 Å². The lowest BCUT2D eigenvalue weighted by Gasteiger charge is -2.27. The van der Waals surface area contributed by atoms with E-state index in [1.807, 2.05) is 12.1 Å². The van der Waals surface area contributed by atoms with Crippen molar-refractivity contribution >= 4 is 11.7 Å². The first-order valence-electron chi connectivity index (χ1n) is 7.64. The molecule has 0 bridgehead atoms. The van der Waals surface area contributed by atoms with E-state index in [1.54, 1.807) is 19.2 Å². The maximum absolute atomic E-state index is 12.0. The van der Waals surface area contributed by atoms with Crippen LogP contribution in [0.1, 0.15) is 41.1 Å². The molecule has 0 aliphatic carbocycles. The van der Waals surface area contributed by atoms with Gasteiger partial charge in [-0.15, -0.1) is 0 Å². The third-order valence-electron chi connectivity index (χ3n) is 3.80. The Hall–Kier alpha value is -2.37. The van der Waals surface area contributed by atoms with Gasteiger partial charge in [0.2, 0.25) is 0 Å². The standard InChI is InChI=1S/C16H20N4O2/c1-12-9-14(19-22-12)16(21)18-11-13-5-6-17-15(10-13)20-7-3-2-4-8-20/h5-6,9-10H,2-4,7-8,11H2,1H3,(H,18,21). The number of anilines is 1. The van der Waals surface area contributed by atoms with E-state index in [4.69, 9.17) is 4.52 Å². The Labute approximate surface area is 129 Å². The minimum absolute atomic E-state index is 0.229. The topological polar surface area (TPSA) is 71.3 Å². The predicted octanol–water partition coefficient (Wildman–Crippen LogP) is 2.30. The van der Waals surface area contributed by atoms with E-state index in [1.165, 1.54) is 19.3 Å². The number of aryl methyl sites for hydroxylation is 1. The molecule has 0 spiro atoms. The SMILES string of the molecule is Cc1cc(C(=O)NCc2ccnc(N3CCCCC3)c2)no1. The van der Waals surface area contributed by atoms with Crippen molar-refractivity contribution in [1.29, 1.82) is 0 Å². The molecule has 116 valence electrons. The molecule has 6 heteroatoms. The molecular formula is C16H20N4O2. The Morgan fingerprint density at radius 2 is 2.14 bits per heavy atom. The summed E-state index contributed by atoms with van der Waals surface area (Å²) in [6.45, 7) is 4.33. The molecule has 1 N–H and O–H groups in total. The summed E-state index contributed by atoms with van der Waals surface area (Å²) in [7, 11) is 0. The fourth-order valence-corrected chi connectivity index (χ4v) is 2.61. The molecule has 0 atom stereocenters. The molecule has 1 aliphatic heterocycles. The molecule has 2 aromatic rings. The summed E-state index contributed by atoms with van der Waals surface area (Å²) in [5.41, 5.74) is 1.34. The largest absolute Gasteiger partial charge is 0.361 e. The van der Waals surface area contributed by atoms with Gasteiger partial charge in [-0.2, -0.15) is 0 Å². The van der Waals surface area contributed by atoms with Gasteiger partial charge in [0.25, 0.3) is 5.91 Å². The second-order valence-electron chi connectivity index (χ2n) is 5.58. The second kappa shape index (κ2) is 6.60. The molecular weight excluding hydrogens is 280 g/mol. The van der Waals surface area contributed by atoms with Crippen molar-refractivity contribution in [2.75, 3.05) is 18.0 Å². The van der Waals surface area contributed by atoms with Crippen LogP contribution < -0.4 is 10.2 Å². The molecule has 6 nitrogen and oxygen atoms in total. The maximum Gasteiger partial charge on any atom is 0.273 e. The lowest BCUT2D eigenvalue weighted by molar-refractivity contribution is 0.0942. The van der Waals surface area contributed by atoms with Crippen molar-refractivity contribution in [3.8, 4) is 0 Å². The average Bonchev–Trinajstić information content (AvgIpc) is 3.00. The van der Waals surface area contributed by atoms with Gasteiger partial charge in [-0.05, 0) is 43.9 Å². The molecule has 3 heterocycles. The minimum Gasteiger partial charge on any atom is -0.361 e. The van der Waals surface area contributed by atoms with Gasteiger partial charge in [0.05, 0.1) is 0 Å². The van der Waals surface area contributed by atoms with Crippen LogP contribution in [0.25, 0.3) is 0 Å². The van der Waals surface area contributed by atoms with E-state index in [0.717, 1.165) is 24.5 Å². The summed E-state index contributed by atoms with van der Waals surface area (Å²) in [5.74, 6) is 1.39. The summed E-state index contributed by atoms with van der Waals surface area (Å²) < 4.78 is 4.91. The monoisotopic (exact) mass is 300 g/mol. The van der Waals surface area contributed by atoms with E-state index in [-0.39, 0.29) is 5.91 Å². The van der Waals surface area contributed by atoms with Crippen LogP contribution in [0.2, 0.25) is 0 Å². The summed E-state index contributed by atoms with van der Waals surface area (Å²) in [6, 6.07) is 5.59. The third-order valence-corrected chi connectivity index (χ3v) is 3.80. The molecule has 0 radical (unpaired) electrons. The van der Waals surface area contributed by atoms with E-state index < -0.39 is 0 Å². The van der Waals surface area contributed by atoms with Crippen LogP contribution >= 0.6 is 0 Å². The number of hydrogen-bond donors (Lipinski definition) is 1. The van der Waals surface area contributed by atoms with Gasteiger partial charge in [0.1, 0.15) is 11.6 Å². The molecule has 1 saturated heterocycles. The van der Waals surface area contributed by atoms with E-state index in [0.29, 0.717) is 18.0 Å². The van der Waals surface area contributed by atoms with Crippen molar-refractivity contribution < 1.29 is 9.32 Å². The molecule has 0 saturated carbocycles. The summed E-state index contributed by atoms with van der Waals surface area (Å²) in [5, 5.41) is 6.56. The second-order valence-corrected chi connectivity index (χ2v) is 5.58. The van der Waals surface area contributed by atoms with Gasteiger partial charge in [0, 0.05) is 31.9 Å². The first kappa shape index (κ1) is 14.6. The lowest BCUT2D eigenvalue weighted by atomic mass is 10.1. The molecule has 22 heavy (non-hydrogen) atoms. The van der Waals surface area contributed by atoms with Crippen molar-refractivity contribution in [2.24, 2.45) is 0 Å². The highest BCUT2D eigenvalue weighted by molar-refractivity contribution is 5.92. The van der Waals surface area contributed by atoms with Gasteiger partial charge in [-0.25, -0.2) is 4.98 Å². The summed E-state index contributed by atoms with van der Waals surface area (Å²) in [4.78, 5) is 18.7. The number of amides is 1. The fraction of sp³-hybridized carbons (Fsp3) is 0.438. The Balaban J connectivity index is 1.61. The normalized spacial score (nSPS) is 14.9.